The highest BCUT2D eigenvalue weighted by Crippen LogP contribution is 2.58. The summed E-state index contributed by atoms with van der Waals surface area (Å²) in [6.07, 6.45) is 12.8. The Labute approximate surface area is 86.1 Å². The summed E-state index contributed by atoms with van der Waals surface area (Å²) in [5, 5.41) is 0. The molecular formula is C14H18. The number of hydrogen-bond acceptors (Lipinski definition) is 0. The molecule has 2 saturated carbocycles. The van der Waals surface area contributed by atoms with E-state index in [4.69, 9.17) is 0 Å². The van der Waals surface area contributed by atoms with E-state index in [0.717, 1.165) is 17.8 Å². The lowest BCUT2D eigenvalue weighted by Gasteiger charge is -2.41. The molecule has 0 heterocycles. The summed E-state index contributed by atoms with van der Waals surface area (Å²) < 4.78 is 0. The molecule has 0 aromatic heterocycles. The number of rotatable bonds is 3. The number of hydrogen-bond donors (Lipinski definition) is 0. The van der Waals surface area contributed by atoms with Gasteiger partial charge < -0.3 is 0 Å². The van der Waals surface area contributed by atoms with Crippen LogP contribution in [0, 0.1) is 17.8 Å². The fourth-order valence-electron chi connectivity index (χ4n) is 3.32. The second kappa shape index (κ2) is 2.53. The minimum atomic E-state index is 1.03. The summed E-state index contributed by atoms with van der Waals surface area (Å²) in [5.74, 6) is 3.16. The predicted octanol–water partition coefficient (Wildman–Crippen LogP) is 3.84. The highest BCUT2D eigenvalue weighted by atomic mass is 14.5. The Balaban J connectivity index is 1.63. The van der Waals surface area contributed by atoms with Gasteiger partial charge in [-0.1, -0.05) is 18.1 Å². The van der Waals surface area contributed by atoms with Gasteiger partial charge in [-0.05, 0) is 67.4 Å². The monoisotopic (exact) mass is 186 g/mol. The molecule has 1 unspecified atom stereocenters. The van der Waals surface area contributed by atoms with Crippen LogP contribution in [-0.4, -0.2) is 0 Å². The van der Waals surface area contributed by atoms with Gasteiger partial charge in [0, 0.05) is 0 Å². The molecule has 0 spiro atoms. The van der Waals surface area contributed by atoms with Gasteiger partial charge in [-0.2, -0.15) is 0 Å². The molecule has 0 amide bonds. The first-order valence-corrected chi connectivity index (χ1v) is 6.36. The SMILES string of the molecule is C1=C(C2=C(C3CCC3)CC2C2CC2)C1. The summed E-state index contributed by atoms with van der Waals surface area (Å²) in [6, 6.07) is 0. The molecule has 0 saturated heterocycles. The molecule has 74 valence electrons. The fraction of sp³-hybridized carbons (Fsp3) is 0.714. The van der Waals surface area contributed by atoms with Crippen molar-refractivity contribution >= 4 is 0 Å². The van der Waals surface area contributed by atoms with E-state index in [-0.39, 0.29) is 0 Å². The fourth-order valence-corrected chi connectivity index (χ4v) is 3.32. The van der Waals surface area contributed by atoms with Crippen LogP contribution >= 0.6 is 0 Å². The molecule has 0 heteroatoms. The first-order valence-electron chi connectivity index (χ1n) is 6.36. The molecule has 4 rings (SSSR count). The first-order chi connectivity index (χ1) is 6.93. The van der Waals surface area contributed by atoms with Crippen LogP contribution in [0.5, 0.6) is 0 Å². The largest absolute Gasteiger partial charge is 0.0763 e. The standard InChI is InChI=1S/C14H18/c1-2-9(3-1)12-8-13(10-4-5-10)14(12)11-6-7-11/h6,9-10,13H,1-5,7-8H2. The average molecular weight is 186 g/mol. The van der Waals surface area contributed by atoms with Crippen molar-refractivity contribution in [2.75, 3.05) is 0 Å². The molecule has 2 fully saturated rings. The Morgan fingerprint density at radius 3 is 2.36 bits per heavy atom. The molecule has 0 aromatic rings. The molecule has 4 aliphatic carbocycles. The van der Waals surface area contributed by atoms with Gasteiger partial charge >= 0.3 is 0 Å². The Hall–Kier alpha value is -0.520. The molecule has 0 nitrogen and oxygen atoms in total. The van der Waals surface area contributed by atoms with Gasteiger partial charge in [0.25, 0.3) is 0 Å². The van der Waals surface area contributed by atoms with Gasteiger partial charge in [0.05, 0.1) is 0 Å². The highest BCUT2D eigenvalue weighted by molar-refractivity contribution is 5.53. The zero-order chi connectivity index (χ0) is 9.12. The third-order valence-corrected chi connectivity index (χ3v) is 4.70. The summed E-state index contributed by atoms with van der Waals surface area (Å²) >= 11 is 0. The lowest BCUT2D eigenvalue weighted by Crippen LogP contribution is -2.28. The van der Waals surface area contributed by atoms with Gasteiger partial charge in [0.1, 0.15) is 0 Å². The highest BCUT2D eigenvalue weighted by Gasteiger charge is 2.45. The Morgan fingerprint density at radius 1 is 1.07 bits per heavy atom. The molecule has 14 heavy (non-hydrogen) atoms. The molecule has 0 aromatic carbocycles. The van der Waals surface area contributed by atoms with Crippen molar-refractivity contribution in [3.05, 3.63) is 22.8 Å². The van der Waals surface area contributed by atoms with Gasteiger partial charge in [-0.25, -0.2) is 0 Å². The van der Waals surface area contributed by atoms with Gasteiger partial charge in [-0.15, -0.1) is 0 Å². The van der Waals surface area contributed by atoms with Crippen LogP contribution in [0.4, 0.5) is 0 Å². The molecule has 0 N–H and O–H groups in total. The maximum Gasteiger partial charge on any atom is -0.00916 e. The van der Waals surface area contributed by atoms with Gasteiger partial charge in [0.2, 0.25) is 0 Å². The quantitative estimate of drug-likeness (QED) is 0.628. The first kappa shape index (κ1) is 7.73. The van der Waals surface area contributed by atoms with Crippen LogP contribution in [0.1, 0.15) is 44.9 Å². The van der Waals surface area contributed by atoms with Crippen molar-refractivity contribution in [2.24, 2.45) is 17.8 Å². The zero-order valence-electron chi connectivity index (χ0n) is 8.76. The summed E-state index contributed by atoms with van der Waals surface area (Å²) in [5.41, 5.74) is 5.52. The maximum absolute atomic E-state index is 2.45. The van der Waals surface area contributed by atoms with Gasteiger partial charge in [0.15, 0.2) is 0 Å². The lowest BCUT2D eigenvalue weighted by atomic mass is 9.64. The van der Waals surface area contributed by atoms with Crippen molar-refractivity contribution in [1.82, 2.24) is 0 Å². The molecule has 1 atom stereocenters. The third-order valence-electron chi connectivity index (χ3n) is 4.70. The van der Waals surface area contributed by atoms with Crippen LogP contribution in [0.25, 0.3) is 0 Å². The van der Waals surface area contributed by atoms with E-state index in [0.29, 0.717) is 0 Å². The van der Waals surface area contributed by atoms with Crippen LogP contribution in [0.3, 0.4) is 0 Å². The Morgan fingerprint density at radius 2 is 1.86 bits per heavy atom. The zero-order valence-corrected chi connectivity index (χ0v) is 8.76. The predicted molar refractivity (Wildman–Crippen MR) is 57.9 cm³/mol. The topological polar surface area (TPSA) is 0 Å². The van der Waals surface area contributed by atoms with Crippen molar-refractivity contribution in [3.8, 4) is 0 Å². The second-order valence-corrected chi connectivity index (χ2v) is 5.65. The summed E-state index contributed by atoms with van der Waals surface area (Å²) in [7, 11) is 0. The molecule has 4 aliphatic rings. The van der Waals surface area contributed by atoms with Crippen LogP contribution in [0.2, 0.25) is 0 Å². The normalized spacial score (nSPS) is 36.3. The lowest BCUT2D eigenvalue weighted by molar-refractivity contribution is 0.313. The van der Waals surface area contributed by atoms with E-state index in [1.165, 1.54) is 44.9 Å². The number of allylic oxidation sites excluding steroid dienone is 4. The molecular weight excluding hydrogens is 168 g/mol. The van der Waals surface area contributed by atoms with Crippen molar-refractivity contribution < 1.29 is 0 Å². The van der Waals surface area contributed by atoms with E-state index >= 15 is 0 Å². The van der Waals surface area contributed by atoms with Crippen LogP contribution in [-0.2, 0) is 0 Å². The smallest absolute Gasteiger partial charge is 0.00916 e. The van der Waals surface area contributed by atoms with Gasteiger partial charge in [-0.3, -0.25) is 0 Å². The second-order valence-electron chi connectivity index (χ2n) is 5.65. The molecule has 0 aliphatic heterocycles. The summed E-state index contributed by atoms with van der Waals surface area (Å²) in [4.78, 5) is 0. The van der Waals surface area contributed by atoms with Crippen LogP contribution in [0.15, 0.2) is 22.8 Å². The van der Waals surface area contributed by atoms with E-state index in [9.17, 15) is 0 Å². The van der Waals surface area contributed by atoms with E-state index in [2.05, 4.69) is 6.08 Å². The third kappa shape index (κ3) is 1.00. The molecule has 0 bridgehead atoms. The minimum absolute atomic E-state index is 1.03. The van der Waals surface area contributed by atoms with Crippen molar-refractivity contribution in [2.45, 2.75) is 44.9 Å². The van der Waals surface area contributed by atoms with Crippen molar-refractivity contribution in [3.63, 3.8) is 0 Å². The van der Waals surface area contributed by atoms with E-state index in [1.807, 2.05) is 11.1 Å². The Bertz CT molecular complexity index is 337. The van der Waals surface area contributed by atoms with E-state index < -0.39 is 0 Å². The minimum Gasteiger partial charge on any atom is -0.0763 e. The average Bonchev–Trinajstić information content (AvgIpc) is 2.82. The van der Waals surface area contributed by atoms with Crippen molar-refractivity contribution in [1.29, 1.82) is 0 Å². The maximum atomic E-state index is 2.45. The summed E-state index contributed by atoms with van der Waals surface area (Å²) in [6.45, 7) is 0. The van der Waals surface area contributed by atoms with E-state index in [1.54, 1.807) is 5.57 Å². The van der Waals surface area contributed by atoms with Crippen LogP contribution < -0.4 is 0 Å². The molecule has 0 radical (unpaired) electrons. The Kier molecular flexibility index (Phi) is 1.40.